The first-order valence-corrected chi connectivity index (χ1v) is 14.1. The molecule has 0 radical (unpaired) electrons. The number of hydrogen-bond acceptors (Lipinski definition) is 5. The predicted octanol–water partition coefficient (Wildman–Crippen LogP) is 4.52. The van der Waals surface area contributed by atoms with E-state index in [1.54, 1.807) is 18.0 Å². The van der Waals surface area contributed by atoms with Crippen molar-refractivity contribution in [2.24, 2.45) is 5.92 Å². The summed E-state index contributed by atoms with van der Waals surface area (Å²) < 4.78 is 45.2. The highest BCUT2D eigenvalue weighted by atomic mass is 19.4. The van der Waals surface area contributed by atoms with Crippen molar-refractivity contribution in [3.63, 3.8) is 0 Å². The lowest BCUT2D eigenvalue weighted by molar-refractivity contribution is -0.200. The third-order valence-corrected chi connectivity index (χ3v) is 10.2. The number of alkyl halides is 3. The first-order chi connectivity index (χ1) is 19.0. The summed E-state index contributed by atoms with van der Waals surface area (Å²) in [6.45, 7) is 1.82. The number of phenolic OH excluding ortho intramolecular Hbond substituents is 1. The lowest BCUT2D eigenvalue weighted by atomic mass is 9.48. The molecule has 2 heterocycles. The van der Waals surface area contributed by atoms with Crippen LogP contribution in [-0.2, 0) is 22.8 Å². The predicted molar refractivity (Wildman–Crippen MR) is 142 cm³/mol. The summed E-state index contributed by atoms with van der Waals surface area (Å²) in [6.07, 6.45) is 2.86. The Morgan fingerprint density at radius 2 is 1.90 bits per heavy atom. The van der Waals surface area contributed by atoms with Crippen molar-refractivity contribution >= 4 is 12.0 Å². The Balaban J connectivity index is 1.19. The standard InChI is InChI=1S/C31H33F3N2O4/c1-35(25(38)11-6-18-4-8-21(9-5-18)31(32,33)34)22-12-13-30(39)24-16-20-7-10-23(37)27-26(20)29(30,28(22)40-27)14-15-36(24)17-19-2-3-19/h4-11,19,22,24,28,37,39H,2-3,12-17H2,1H3/b11-6+/t22?,24-,28?,29-,30?/m0/s1. The van der Waals surface area contributed by atoms with Gasteiger partial charge in [0, 0.05) is 31.3 Å². The number of amides is 1. The molecular formula is C31H33F3N2O4. The number of ether oxygens (including phenoxy) is 1. The van der Waals surface area contributed by atoms with Crippen LogP contribution in [-0.4, -0.2) is 69.8 Å². The van der Waals surface area contributed by atoms with E-state index in [-0.39, 0.29) is 23.7 Å². The first-order valence-electron chi connectivity index (χ1n) is 14.1. The fourth-order valence-electron chi connectivity index (χ4n) is 8.08. The van der Waals surface area contributed by atoms with Crippen LogP contribution in [0.2, 0.25) is 0 Å². The Morgan fingerprint density at radius 3 is 2.60 bits per heavy atom. The van der Waals surface area contributed by atoms with Gasteiger partial charge in [0.1, 0.15) is 6.10 Å². The number of phenols is 1. The van der Waals surface area contributed by atoms with Crippen LogP contribution in [0.5, 0.6) is 11.5 Å². The lowest BCUT2D eigenvalue weighted by Gasteiger charge is -2.64. The number of aliphatic hydroxyl groups is 1. The van der Waals surface area contributed by atoms with Crippen LogP contribution in [0.3, 0.4) is 0 Å². The van der Waals surface area contributed by atoms with Crippen molar-refractivity contribution in [3.8, 4) is 11.5 Å². The average Bonchev–Trinajstić information content (AvgIpc) is 3.67. The number of hydrogen-bond donors (Lipinski definition) is 2. The molecule has 1 amide bonds. The molecule has 2 aliphatic heterocycles. The van der Waals surface area contributed by atoms with Gasteiger partial charge in [-0.2, -0.15) is 13.2 Å². The van der Waals surface area contributed by atoms with Crippen LogP contribution >= 0.6 is 0 Å². The molecule has 7 rings (SSSR count). The number of likely N-dealkylation sites (N-methyl/N-ethyl adjacent to an activating group) is 1. The van der Waals surface area contributed by atoms with Gasteiger partial charge in [-0.25, -0.2) is 0 Å². The SMILES string of the molecule is CN(C(=O)/C=C/c1ccc(C(F)(F)F)cc1)C1CCC2(O)[C@@H]3Cc4ccc(O)c5c4[C@@]2(CCN3CC2CC2)C1O5. The summed E-state index contributed by atoms with van der Waals surface area (Å²) in [4.78, 5) is 17.4. The quantitative estimate of drug-likeness (QED) is 0.532. The highest BCUT2D eigenvalue weighted by molar-refractivity contribution is 5.92. The molecule has 2 aromatic rings. The molecule has 0 aromatic heterocycles. The molecule has 1 spiro atoms. The van der Waals surface area contributed by atoms with Crippen molar-refractivity contribution in [1.29, 1.82) is 0 Å². The highest BCUT2D eigenvalue weighted by Crippen LogP contribution is 2.66. The zero-order valence-corrected chi connectivity index (χ0v) is 22.3. The van der Waals surface area contributed by atoms with Crippen LogP contribution in [0.4, 0.5) is 13.2 Å². The second-order valence-corrected chi connectivity index (χ2v) is 12.3. The molecule has 5 atom stereocenters. The Morgan fingerprint density at radius 1 is 1.15 bits per heavy atom. The number of aromatic hydroxyl groups is 1. The summed E-state index contributed by atoms with van der Waals surface area (Å²) in [5.41, 5.74) is -0.00276. The number of likely N-dealkylation sites (tertiary alicyclic amines) is 1. The van der Waals surface area contributed by atoms with Crippen molar-refractivity contribution in [3.05, 3.63) is 64.7 Å². The summed E-state index contributed by atoms with van der Waals surface area (Å²) in [6, 6.07) is 7.91. The number of piperidine rings is 1. The lowest BCUT2D eigenvalue weighted by Crippen LogP contribution is -2.78. The van der Waals surface area contributed by atoms with Gasteiger partial charge in [-0.3, -0.25) is 9.69 Å². The number of carbonyl (C=O) groups is 1. The normalized spacial score (nSPS) is 32.6. The van der Waals surface area contributed by atoms with Gasteiger partial charge in [0.15, 0.2) is 11.5 Å². The molecule has 5 aliphatic rings. The third kappa shape index (κ3) is 3.66. The number of nitrogens with zero attached hydrogens (tertiary/aromatic N) is 2. The smallest absolute Gasteiger partial charge is 0.416 e. The van der Waals surface area contributed by atoms with E-state index in [2.05, 4.69) is 4.90 Å². The average molecular weight is 555 g/mol. The molecule has 2 aromatic carbocycles. The third-order valence-electron chi connectivity index (χ3n) is 10.2. The van der Waals surface area contributed by atoms with Crippen LogP contribution in [0.25, 0.3) is 6.08 Å². The van der Waals surface area contributed by atoms with Gasteiger partial charge < -0.3 is 19.8 Å². The molecule has 1 saturated heterocycles. The molecule has 2 saturated carbocycles. The van der Waals surface area contributed by atoms with Gasteiger partial charge in [-0.05, 0) is 86.4 Å². The fourth-order valence-corrected chi connectivity index (χ4v) is 8.08. The Labute approximate surface area is 231 Å². The molecule has 3 aliphatic carbocycles. The zero-order chi connectivity index (χ0) is 28.0. The Hall–Kier alpha value is -3.04. The van der Waals surface area contributed by atoms with Gasteiger partial charge in [-0.1, -0.05) is 18.2 Å². The van der Waals surface area contributed by atoms with E-state index >= 15 is 0 Å². The maximum atomic E-state index is 13.3. The van der Waals surface area contributed by atoms with E-state index in [0.717, 1.165) is 36.3 Å². The fraction of sp³-hybridized carbons (Fsp3) is 0.516. The van der Waals surface area contributed by atoms with E-state index in [1.807, 2.05) is 6.07 Å². The van der Waals surface area contributed by atoms with Crippen LogP contribution < -0.4 is 4.74 Å². The number of halogens is 3. The van der Waals surface area contributed by atoms with E-state index in [4.69, 9.17) is 4.74 Å². The second-order valence-electron chi connectivity index (χ2n) is 12.3. The van der Waals surface area contributed by atoms with Crippen molar-refractivity contribution < 1.29 is 32.9 Å². The van der Waals surface area contributed by atoms with E-state index in [0.29, 0.717) is 42.9 Å². The second kappa shape index (κ2) is 8.73. The van der Waals surface area contributed by atoms with Gasteiger partial charge in [0.2, 0.25) is 5.91 Å². The minimum Gasteiger partial charge on any atom is -0.504 e. The van der Waals surface area contributed by atoms with E-state index < -0.39 is 28.9 Å². The van der Waals surface area contributed by atoms with E-state index in [9.17, 15) is 28.2 Å². The van der Waals surface area contributed by atoms with Crippen LogP contribution in [0, 0.1) is 5.92 Å². The molecule has 9 heteroatoms. The van der Waals surface area contributed by atoms with Gasteiger partial charge in [-0.15, -0.1) is 0 Å². The maximum Gasteiger partial charge on any atom is 0.416 e. The summed E-state index contributed by atoms with van der Waals surface area (Å²) in [5, 5.41) is 23.4. The molecule has 2 N–H and O–H groups in total. The summed E-state index contributed by atoms with van der Waals surface area (Å²) in [5.74, 6) is 0.887. The van der Waals surface area contributed by atoms with Crippen molar-refractivity contribution in [1.82, 2.24) is 9.80 Å². The van der Waals surface area contributed by atoms with Gasteiger partial charge in [0.05, 0.1) is 22.6 Å². The number of carbonyl (C=O) groups excluding carboxylic acids is 1. The number of rotatable bonds is 5. The maximum absolute atomic E-state index is 13.3. The molecular weight excluding hydrogens is 521 g/mol. The van der Waals surface area contributed by atoms with Crippen LogP contribution in [0.1, 0.15) is 54.4 Å². The molecule has 3 unspecified atom stereocenters. The number of benzene rings is 2. The topological polar surface area (TPSA) is 73.2 Å². The van der Waals surface area contributed by atoms with Crippen LogP contribution in [0.15, 0.2) is 42.5 Å². The monoisotopic (exact) mass is 554 g/mol. The Bertz CT molecular complexity index is 1390. The summed E-state index contributed by atoms with van der Waals surface area (Å²) >= 11 is 0. The highest BCUT2D eigenvalue weighted by Gasteiger charge is 2.73. The van der Waals surface area contributed by atoms with Crippen molar-refractivity contribution in [2.75, 3.05) is 20.1 Å². The minimum atomic E-state index is -4.42. The van der Waals surface area contributed by atoms with E-state index in [1.165, 1.54) is 37.1 Å². The largest absolute Gasteiger partial charge is 0.504 e. The molecule has 3 fully saturated rings. The van der Waals surface area contributed by atoms with Crippen molar-refractivity contribution in [2.45, 2.75) is 73.9 Å². The zero-order valence-electron chi connectivity index (χ0n) is 22.3. The summed E-state index contributed by atoms with van der Waals surface area (Å²) in [7, 11) is 1.71. The minimum absolute atomic E-state index is 0.0440. The van der Waals surface area contributed by atoms with Gasteiger partial charge in [0.25, 0.3) is 0 Å². The Kier molecular flexibility index (Phi) is 5.65. The first kappa shape index (κ1) is 25.9. The molecule has 212 valence electrons. The molecule has 2 bridgehead atoms. The molecule has 6 nitrogen and oxygen atoms in total. The molecule has 40 heavy (non-hydrogen) atoms. The van der Waals surface area contributed by atoms with Gasteiger partial charge >= 0.3 is 6.18 Å².